The first-order valence-electron chi connectivity index (χ1n) is 5.89. The highest BCUT2D eigenvalue weighted by atomic mass is 32.1. The molecule has 2 heterocycles. The Morgan fingerprint density at radius 3 is 2.90 bits per heavy atom. The zero-order valence-corrected chi connectivity index (χ0v) is 10.7. The van der Waals surface area contributed by atoms with Gasteiger partial charge in [-0.15, -0.1) is 6.42 Å². The van der Waals surface area contributed by atoms with Crippen LogP contribution in [0.4, 0.5) is 4.39 Å². The molecule has 0 unspecified atom stereocenters. The van der Waals surface area contributed by atoms with Gasteiger partial charge in [0.05, 0.1) is 6.93 Å². The molecule has 0 spiro atoms. The summed E-state index contributed by atoms with van der Waals surface area (Å²) in [5.74, 6) is -0.951. The number of aliphatic hydroxyl groups excluding tert-OH is 3. The van der Waals surface area contributed by atoms with Crippen LogP contribution in [0.1, 0.15) is 13.1 Å². The van der Waals surface area contributed by atoms with Gasteiger partial charge >= 0.3 is 5.69 Å². The number of aromatic nitrogens is 2. The average Bonchev–Trinajstić information content (AvgIpc) is 2.61. The number of aromatic amines is 1. The number of H-pyrrole nitrogens is 1. The van der Waals surface area contributed by atoms with Crippen LogP contribution in [0.3, 0.4) is 0 Å². The Balaban J connectivity index is 2.64. The molecule has 0 saturated carbocycles. The van der Waals surface area contributed by atoms with Crippen molar-refractivity contribution in [3.05, 3.63) is 26.9 Å². The fraction of sp³-hybridized carbons (Fsp3) is 0.455. The lowest BCUT2D eigenvalue weighted by Crippen LogP contribution is -2.42. The monoisotopic (exact) mass is 303 g/mol. The van der Waals surface area contributed by atoms with E-state index in [9.17, 15) is 19.4 Å². The number of rotatable bonds is 2. The summed E-state index contributed by atoms with van der Waals surface area (Å²) in [5.41, 5.74) is -0.996. The third-order valence-corrected chi connectivity index (χ3v) is 3.14. The molecule has 108 valence electrons. The van der Waals surface area contributed by atoms with Gasteiger partial charge in [0, 0.05) is 6.20 Å². The smallest absolute Gasteiger partial charge is 0.328 e. The fourth-order valence-corrected chi connectivity index (χ4v) is 1.92. The van der Waals surface area contributed by atoms with E-state index in [0.717, 1.165) is 6.20 Å². The summed E-state index contributed by atoms with van der Waals surface area (Å²) in [4.78, 5) is 14.0. The lowest BCUT2D eigenvalue weighted by Gasteiger charge is -2.20. The molecule has 0 radical (unpaired) electrons. The maximum absolute atomic E-state index is 14.1. The zero-order valence-electron chi connectivity index (χ0n) is 10.9. The van der Waals surface area contributed by atoms with Crippen molar-refractivity contribution in [1.29, 1.82) is 0 Å². The van der Waals surface area contributed by atoms with Crippen LogP contribution in [-0.4, -0.2) is 49.5 Å². The summed E-state index contributed by atoms with van der Waals surface area (Å²) in [6.45, 7) is -1.31. The van der Waals surface area contributed by atoms with Crippen LogP contribution >= 0.6 is 12.2 Å². The van der Waals surface area contributed by atoms with Gasteiger partial charge in [-0.2, -0.15) is 0 Å². The van der Waals surface area contributed by atoms with Crippen molar-refractivity contribution < 1.29 is 25.8 Å². The number of hydrogen-bond donors (Lipinski definition) is 4. The summed E-state index contributed by atoms with van der Waals surface area (Å²) < 4.78 is 27.0. The molecule has 9 heteroatoms. The highest BCUT2D eigenvalue weighted by Gasteiger charge is 2.55. The maximum Gasteiger partial charge on any atom is 0.328 e. The highest BCUT2D eigenvalue weighted by Crippen LogP contribution is 2.37. The molecule has 1 aromatic rings. The Labute approximate surface area is 118 Å². The minimum Gasteiger partial charge on any atom is -0.390 e. The Hall–Kier alpha value is -1.57. The van der Waals surface area contributed by atoms with Gasteiger partial charge < -0.3 is 20.1 Å². The van der Waals surface area contributed by atoms with E-state index < -0.39 is 36.6 Å². The predicted molar refractivity (Wildman–Crippen MR) is 66.9 cm³/mol. The molecule has 4 N–H and O–H groups in total. The van der Waals surface area contributed by atoms with Crippen LogP contribution < -0.4 is 5.69 Å². The molecule has 4 atom stereocenters. The summed E-state index contributed by atoms with van der Waals surface area (Å²) >= 11 is 4.79. The predicted octanol–water partition coefficient (Wildman–Crippen LogP) is -1.20. The van der Waals surface area contributed by atoms with Gasteiger partial charge in [-0.3, -0.25) is 9.55 Å². The van der Waals surface area contributed by atoms with Crippen molar-refractivity contribution in [3.8, 4) is 12.3 Å². The molecule has 2 rings (SSSR count). The van der Waals surface area contributed by atoms with Crippen LogP contribution in [-0.2, 0) is 4.74 Å². The Kier molecular flexibility index (Phi) is 3.41. The molecular formula is C11H11FN2O5S. The van der Waals surface area contributed by atoms with Crippen LogP contribution in [0.25, 0.3) is 0 Å². The van der Waals surface area contributed by atoms with Gasteiger partial charge in [-0.1, -0.05) is 18.1 Å². The number of ether oxygens (including phenoxy) is 1. The normalized spacial score (nSPS) is 37.5. The molecule has 1 fully saturated rings. The Morgan fingerprint density at radius 1 is 1.75 bits per heavy atom. The van der Waals surface area contributed by atoms with E-state index in [2.05, 4.69) is 15.6 Å². The third-order valence-electron chi connectivity index (χ3n) is 2.82. The molecule has 1 aliphatic rings. The van der Waals surface area contributed by atoms with E-state index in [1.54, 1.807) is 0 Å². The zero-order chi connectivity index (χ0) is 16.0. The van der Waals surface area contributed by atoms with Crippen LogP contribution in [0.15, 0.2) is 11.0 Å². The molecule has 1 aromatic heterocycles. The third kappa shape index (κ3) is 2.17. The quantitative estimate of drug-likeness (QED) is 0.404. The molecule has 0 bridgehead atoms. The summed E-state index contributed by atoms with van der Waals surface area (Å²) in [7, 11) is 0. The average molecular weight is 303 g/mol. The lowest BCUT2D eigenvalue weighted by atomic mass is 10.1. The second-order valence-electron chi connectivity index (χ2n) is 4.09. The van der Waals surface area contributed by atoms with Gasteiger partial charge in [0.2, 0.25) is 0 Å². The fourth-order valence-electron chi connectivity index (χ4n) is 1.72. The van der Waals surface area contributed by atoms with E-state index in [4.69, 9.17) is 25.1 Å². The molecule has 0 amide bonds. The standard InChI is InChI=1S/C11H11FN2O5S/c1-2-5-3-14(10(18)13-8(5)20)9-6(16)7(17)11(12,4-15)19-9/h1,3,6-7,9,15-17H,4H2,(H,13,18,20)/t6-,7+,9-,11-/m1/s1/i9D. The number of nitrogens with one attached hydrogen (secondary N) is 1. The molecular weight excluding hydrogens is 291 g/mol. The Morgan fingerprint density at radius 2 is 2.40 bits per heavy atom. The first-order valence-corrected chi connectivity index (χ1v) is 5.79. The number of alkyl halides is 1. The minimum atomic E-state index is -3.09. The van der Waals surface area contributed by atoms with Gasteiger partial charge in [0.25, 0.3) is 5.85 Å². The van der Waals surface area contributed by atoms with Crippen LogP contribution in [0, 0.1) is 17.0 Å². The largest absolute Gasteiger partial charge is 0.390 e. The summed E-state index contributed by atoms with van der Waals surface area (Å²) in [5, 5.41) is 28.3. The van der Waals surface area contributed by atoms with E-state index in [1.807, 2.05) is 0 Å². The van der Waals surface area contributed by atoms with E-state index >= 15 is 0 Å². The molecule has 7 nitrogen and oxygen atoms in total. The first-order chi connectivity index (χ1) is 9.69. The van der Waals surface area contributed by atoms with Crippen molar-refractivity contribution in [2.75, 3.05) is 6.61 Å². The van der Waals surface area contributed by atoms with Gasteiger partial charge in [-0.05, 0) is 0 Å². The maximum atomic E-state index is 14.1. The number of nitrogens with zero attached hydrogens (tertiary/aromatic N) is 1. The Bertz CT molecular complexity index is 731. The summed E-state index contributed by atoms with van der Waals surface area (Å²) in [6.07, 6.45) is -1.01. The number of halogens is 1. The molecule has 20 heavy (non-hydrogen) atoms. The lowest BCUT2D eigenvalue weighted by molar-refractivity contribution is -0.207. The van der Waals surface area contributed by atoms with E-state index in [1.165, 1.54) is 0 Å². The van der Waals surface area contributed by atoms with E-state index in [-0.39, 0.29) is 10.2 Å². The van der Waals surface area contributed by atoms with Gasteiger partial charge in [-0.25, -0.2) is 9.18 Å². The molecule has 1 aliphatic heterocycles. The van der Waals surface area contributed by atoms with Gasteiger partial charge in [0.1, 0.15) is 23.5 Å². The SMILES string of the molecule is [2H][C@@]1(n2cc(C#C)c(=S)[nH]c2=O)O[C@](F)(CO)[C@@H](O)[C@H]1O. The minimum absolute atomic E-state index is 0.00173. The van der Waals surface area contributed by atoms with Crippen LogP contribution in [0.5, 0.6) is 0 Å². The first kappa shape index (κ1) is 13.4. The molecule has 1 saturated heterocycles. The van der Waals surface area contributed by atoms with Crippen molar-refractivity contribution in [1.82, 2.24) is 9.55 Å². The van der Waals surface area contributed by atoms with Crippen molar-refractivity contribution in [3.63, 3.8) is 0 Å². The number of hydrogen-bond acceptors (Lipinski definition) is 6. The summed E-state index contributed by atoms with van der Waals surface area (Å²) in [6, 6.07) is 0. The van der Waals surface area contributed by atoms with Crippen molar-refractivity contribution >= 4 is 12.2 Å². The number of aliphatic hydroxyl groups is 3. The highest BCUT2D eigenvalue weighted by molar-refractivity contribution is 7.71. The van der Waals surface area contributed by atoms with E-state index in [0.29, 0.717) is 4.57 Å². The van der Waals surface area contributed by atoms with Crippen molar-refractivity contribution in [2.24, 2.45) is 0 Å². The van der Waals surface area contributed by atoms with Crippen molar-refractivity contribution in [2.45, 2.75) is 24.3 Å². The number of terminal acetylenes is 1. The molecule has 0 aromatic carbocycles. The van der Waals surface area contributed by atoms with Gasteiger partial charge in [0.15, 0.2) is 6.20 Å². The van der Waals surface area contributed by atoms with Crippen LogP contribution in [0.2, 0.25) is 0 Å². The molecule has 0 aliphatic carbocycles. The topological polar surface area (TPSA) is 108 Å². The second-order valence-corrected chi connectivity index (χ2v) is 4.50. The second kappa shape index (κ2) is 5.08.